The van der Waals surface area contributed by atoms with E-state index in [0.29, 0.717) is 12.2 Å². The first-order valence-electron chi connectivity index (χ1n) is 9.10. The van der Waals surface area contributed by atoms with Gasteiger partial charge in [0.15, 0.2) is 0 Å². The normalized spacial score (nSPS) is 12.3. The van der Waals surface area contributed by atoms with Gasteiger partial charge in [0, 0.05) is 13.0 Å². The van der Waals surface area contributed by atoms with Crippen LogP contribution in [-0.2, 0) is 12.8 Å². The number of ether oxygens (including phenoxy) is 1. The summed E-state index contributed by atoms with van der Waals surface area (Å²) in [4.78, 5) is 12.2. The Balaban J connectivity index is 1.32. The highest BCUT2D eigenvalue weighted by Gasteiger charge is 2.13. The SMILES string of the molecule is Cc1c(NC(=O)NCCc2ccc3c(c2)CCO3)cnn1-c1ccccc1. The molecule has 6 heteroatoms. The van der Waals surface area contributed by atoms with Crippen molar-refractivity contribution in [1.82, 2.24) is 15.1 Å². The van der Waals surface area contributed by atoms with E-state index in [0.717, 1.165) is 36.6 Å². The number of carbonyl (C=O) groups is 1. The van der Waals surface area contributed by atoms with Crippen molar-refractivity contribution in [1.29, 1.82) is 0 Å². The van der Waals surface area contributed by atoms with Gasteiger partial charge in [0.05, 0.1) is 29.9 Å². The molecule has 1 aromatic heterocycles. The van der Waals surface area contributed by atoms with E-state index in [9.17, 15) is 4.79 Å². The van der Waals surface area contributed by atoms with Gasteiger partial charge in [-0.25, -0.2) is 9.48 Å². The molecule has 0 saturated heterocycles. The van der Waals surface area contributed by atoms with Gasteiger partial charge in [-0.05, 0) is 42.7 Å². The average Bonchev–Trinajstić information content (AvgIpc) is 3.29. The Hall–Kier alpha value is -3.28. The monoisotopic (exact) mass is 362 g/mol. The lowest BCUT2D eigenvalue weighted by atomic mass is 10.1. The maximum atomic E-state index is 12.2. The molecule has 0 atom stereocenters. The molecular formula is C21H22N4O2. The number of para-hydroxylation sites is 1. The number of nitrogens with zero attached hydrogens (tertiary/aromatic N) is 2. The Morgan fingerprint density at radius 3 is 2.93 bits per heavy atom. The third-order valence-corrected chi connectivity index (χ3v) is 4.71. The van der Waals surface area contributed by atoms with E-state index >= 15 is 0 Å². The quantitative estimate of drug-likeness (QED) is 0.730. The van der Waals surface area contributed by atoms with Crippen molar-refractivity contribution >= 4 is 11.7 Å². The van der Waals surface area contributed by atoms with Gasteiger partial charge in [-0.15, -0.1) is 0 Å². The van der Waals surface area contributed by atoms with E-state index in [1.54, 1.807) is 6.20 Å². The summed E-state index contributed by atoms with van der Waals surface area (Å²) in [5.41, 5.74) is 5.00. The van der Waals surface area contributed by atoms with Crippen LogP contribution in [-0.4, -0.2) is 29.0 Å². The van der Waals surface area contributed by atoms with Crippen molar-refractivity contribution in [2.45, 2.75) is 19.8 Å². The summed E-state index contributed by atoms with van der Waals surface area (Å²) in [6, 6.07) is 15.8. The van der Waals surface area contributed by atoms with E-state index in [2.05, 4.69) is 27.9 Å². The van der Waals surface area contributed by atoms with Crippen molar-refractivity contribution in [2.75, 3.05) is 18.5 Å². The molecule has 0 unspecified atom stereocenters. The molecule has 1 aliphatic rings. The minimum atomic E-state index is -0.227. The summed E-state index contributed by atoms with van der Waals surface area (Å²) in [5, 5.41) is 10.1. The minimum Gasteiger partial charge on any atom is -0.493 e. The number of fused-ring (bicyclic) bond motifs is 1. The lowest BCUT2D eigenvalue weighted by molar-refractivity contribution is 0.252. The number of urea groups is 1. The molecular weight excluding hydrogens is 340 g/mol. The number of carbonyl (C=O) groups excluding carboxylic acids is 1. The number of benzene rings is 2. The molecule has 27 heavy (non-hydrogen) atoms. The molecule has 0 fully saturated rings. The molecule has 0 aliphatic carbocycles. The van der Waals surface area contributed by atoms with Gasteiger partial charge >= 0.3 is 6.03 Å². The highest BCUT2D eigenvalue weighted by atomic mass is 16.5. The molecule has 138 valence electrons. The van der Waals surface area contributed by atoms with Crippen LogP contribution in [0.2, 0.25) is 0 Å². The summed E-state index contributed by atoms with van der Waals surface area (Å²) in [5.74, 6) is 0.982. The zero-order chi connectivity index (χ0) is 18.6. The summed E-state index contributed by atoms with van der Waals surface area (Å²) >= 11 is 0. The molecule has 0 saturated carbocycles. The number of rotatable bonds is 5. The summed E-state index contributed by atoms with van der Waals surface area (Å²) in [6.07, 6.45) is 3.41. The third-order valence-electron chi connectivity index (χ3n) is 4.71. The Bertz CT molecular complexity index is 950. The first-order chi connectivity index (χ1) is 13.2. The molecule has 3 aromatic rings. The molecule has 0 bridgehead atoms. The highest BCUT2D eigenvalue weighted by Crippen LogP contribution is 2.25. The van der Waals surface area contributed by atoms with Crippen LogP contribution in [0.4, 0.5) is 10.5 Å². The number of amides is 2. The number of anilines is 1. The molecule has 2 N–H and O–H groups in total. The van der Waals surface area contributed by atoms with Crippen molar-refractivity contribution < 1.29 is 9.53 Å². The van der Waals surface area contributed by atoms with E-state index < -0.39 is 0 Å². The Kier molecular flexibility index (Phi) is 4.78. The van der Waals surface area contributed by atoms with Gasteiger partial charge in [0.2, 0.25) is 0 Å². The number of hydrogen-bond donors (Lipinski definition) is 2. The Labute approximate surface area is 158 Å². The maximum Gasteiger partial charge on any atom is 0.319 e. The van der Waals surface area contributed by atoms with Crippen LogP contribution in [0.15, 0.2) is 54.7 Å². The van der Waals surface area contributed by atoms with Crippen LogP contribution in [0, 0.1) is 6.92 Å². The fourth-order valence-electron chi connectivity index (χ4n) is 3.24. The summed E-state index contributed by atoms with van der Waals surface area (Å²) < 4.78 is 7.33. The van der Waals surface area contributed by atoms with Crippen LogP contribution < -0.4 is 15.4 Å². The fraction of sp³-hybridized carbons (Fsp3) is 0.238. The minimum absolute atomic E-state index is 0.227. The molecule has 1 aliphatic heterocycles. The molecule has 2 amide bonds. The predicted molar refractivity (Wildman–Crippen MR) is 105 cm³/mol. The van der Waals surface area contributed by atoms with Crippen molar-refractivity contribution in [3.8, 4) is 11.4 Å². The standard InChI is InChI=1S/C21H22N4O2/c1-15-19(14-23-25(15)18-5-3-2-4-6-18)24-21(26)22-11-9-16-7-8-20-17(13-16)10-12-27-20/h2-8,13-14H,9-12H2,1H3,(H2,22,24,26). The van der Waals surface area contributed by atoms with Gasteiger partial charge in [0.1, 0.15) is 5.75 Å². The third kappa shape index (κ3) is 3.79. The van der Waals surface area contributed by atoms with Gasteiger partial charge in [-0.3, -0.25) is 0 Å². The molecule has 0 radical (unpaired) electrons. The highest BCUT2D eigenvalue weighted by molar-refractivity contribution is 5.89. The Morgan fingerprint density at radius 1 is 1.22 bits per heavy atom. The Morgan fingerprint density at radius 2 is 2.07 bits per heavy atom. The zero-order valence-electron chi connectivity index (χ0n) is 15.2. The number of aromatic nitrogens is 2. The predicted octanol–water partition coefficient (Wildman–Crippen LogP) is 3.48. The van der Waals surface area contributed by atoms with Gasteiger partial charge in [0.25, 0.3) is 0 Å². The van der Waals surface area contributed by atoms with Crippen molar-refractivity contribution in [3.05, 3.63) is 71.5 Å². The lowest BCUT2D eigenvalue weighted by Crippen LogP contribution is -2.30. The van der Waals surface area contributed by atoms with Gasteiger partial charge < -0.3 is 15.4 Å². The molecule has 2 aromatic carbocycles. The van der Waals surface area contributed by atoms with Crippen molar-refractivity contribution in [3.63, 3.8) is 0 Å². The second kappa shape index (κ2) is 7.53. The molecule has 6 nitrogen and oxygen atoms in total. The second-order valence-corrected chi connectivity index (χ2v) is 6.56. The average molecular weight is 362 g/mol. The maximum absolute atomic E-state index is 12.2. The molecule has 4 rings (SSSR count). The molecule has 0 spiro atoms. The van der Waals surface area contributed by atoms with E-state index in [4.69, 9.17) is 4.74 Å². The van der Waals surface area contributed by atoms with Crippen LogP contribution in [0.5, 0.6) is 5.75 Å². The largest absolute Gasteiger partial charge is 0.493 e. The second-order valence-electron chi connectivity index (χ2n) is 6.56. The summed E-state index contributed by atoms with van der Waals surface area (Å²) in [7, 11) is 0. The van der Waals surface area contributed by atoms with Crippen LogP contribution in [0.25, 0.3) is 5.69 Å². The van der Waals surface area contributed by atoms with Gasteiger partial charge in [-0.1, -0.05) is 30.3 Å². The smallest absolute Gasteiger partial charge is 0.319 e. The lowest BCUT2D eigenvalue weighted by Gasteiger charge is -2.09. The number of nitrogens with one attached hydrogen (secondary N) is 2. The van der Waals surface area contributed by atoms with Crippen molar-refractivity contribution in [2.24, 2.45) is 0 Å². The first kappa shape index (κ1) is 17.1. The zero-order valence-corrected chi connectivity index (χ0v) is 15.2. The van der Waals surface area contributed by atoms with E-state index in [1.807, 2.05) is 48.0 Å². The number of hydrogen-bond acceptors (Lipinski definition) is 3. The van der Waals surface area contributed by atoms with Crippen LogP contribution in [0.3, 0.4) is 0 Å². The summed E-state index contributed by atoms with van der Waals surface area (Å²) in [6.45, 7) is 3.26. The van der Waals surface area contributed by atoms with Crippen LogP contribution in [0.1, 0.15) is 16.8 Å². The fourth-order valence-corrected chi connectivity index (χ4v) is 3.24. The van der Waals surface area contributed by atoms with Crippen LogP contribution >= 0.6 is 0 Å². The first-order valence-corrected chi connectivity index (χ1v) is 9.10. The van der Waals surface area contributed by atoms with E-state index in [1.165, 1.54) is 11.1 Å². The molecule has 2 heterocycles. The topological polar surface area (TPSA) is 68.2 Å². The van der Waals surface area contributed by atoms with Gasteiger partial charge in [-0.2, -0.15) is 5.10 Å². The van der Waals surface area contributed by atoms with E-state index in [-0.39, 0.29) is 6.03 Å².